The number of imidazole rings is 1. The van der Waals surface area contributed by atoms with Gasteiger partial charge < -0.3 is 14.2 Å². The van der Waals surface area contributed by atoms with Crippen LogP contribution < -0.4 is 14.2 Å². The Kier molecular flexibility index (Phi) is 4.77. The van der Waals surface area contributed by atoms with Gasteiger partial charge in [0, 0.05) is 16.5 Å². The maximum atomic E-state index is 9.54. The van der Waals surface area contributed by atoms with Crippen molar-refractivity contribution in [3.63, 3.8) is 0 Å². The van der Waals surface area contributed by atoms with Crippen molar-refractivity contribution in [2.24, 2.45) is 0 Å². The maximum Gasteiger partial charge on any atom is 0.195 e. The van der Waals surface area contributed by atoms with Crippen molar-refractivity contribution in [3.05, 3.63) is 53.5 Å². The number of rotatable bonds is 5. The Morgan fingerprint density at radius 3 is 2.83 bits per heavy atom. The number of hydrogen-bond donors (Lipinski definition) is 0. The third-order valence-corrected chi connectivity index (χ3v) is 5.81. The second-order valence-electron chi connectivity index (χ2n) is 6.77. The second kappa shape index (κ2) is 7.73. The molecule has 0 bridgehead atoms. The van der Waals surface area contributed by atoms with Gasteiger partial charge in [-0.05, 0) is 37.3 Å². The van der Waals surface area contributed by atoms with Gasteiger partial charge in [0.15, 0.2) is 16.5 Å². The molecule has 7 heteroatoms. The van der Waals surface area contributed by atoms with Crippen LogP contribution in [-0.2, 0) is 6.42 Å². The minimum atomic E-state index is 0.242. The molecule has 4 aromatic rings. The van der Waals surface area contributed by atoms with Crippen molar-refractivity contribution in [2.75, 3.05) is 19.8 Å². The predicted octanol–water partition coefficient (Wildman–Crippen LogP) is 4.97. The van der Waals surface area contributed by atoms with Gasteiger partial charge in [0.1, 0.15) is 19.0 Å². The molecule has 1 aliphatic heterocycles. The molecule has 2 aromatic carbocycles. The van der Waals surface area contributed by atoms with E-state index in [-0.39, 0.29) is 6.42 Å². The number of thiazole rings is 1. The highest BCUT2D eigenvalue weighted by molar-refractivity contribution is 7.15. The monoisotopic (exact) mass is 417 g/mol. The van der Waals surface area contributed by atoms with Crippen LogP contribution in [0.4, 0.5) is 0 Å². The van der Waals surface area contributed by atoms with Gasteiger partial charge in [-0.15, -0.1) is 11.3 Å². The molecule has 0 saturated heterocycles. The summed E-state index contributed by atoms with van der Waals surface area (Å²) < 4.78 is 19.3. The number of nitriles is 1. The van der Waals surface area contributed by atoms with E-state index in [2.05, 4.69) is 15.8 Å². The Labute approximate surface area is 177 Å². The first kappa shape index (κ1) is 18.5. The van der Waals surface area contributed by atoms with Crippen LogP contribution in [0.25, 0.3) is 27.5 Å². The third kappa shape index (κ3) is 3.06. The molecule has 0 aliphatic carbocycles. The number of benzene rings is 2. The number of ether oxygens (including phenoxy) is 3. The Morgan fingerprint density at radius 2 is 2.00 bits per heavy atom. The van der Waals surface area contributed by atoms with E-state index < -0.39 is 0 Å². The summed E-state index contributed by atoms with van der Waals surface area (Å²) in [5, 5.41) is 11.6. The molecular formula is C23H19N3O3S. The lowest BCUT2D eigenvalue weighted by Crippen LogP contribution is -2.15. The lowest BCUT2D eigenvalue weighted by atomic mass is 10.1. The number of fused-ring (bicyclic) bond motifs is 2. The standard InChI is InChI=1S/C23H19N3O3S/c1-2-27-19-6-4-3-5-16(19)18-14-30-23-25-22(17(9-10-24)26(18)23)15-7-8-20-21(13-15)29-12-11-28-20/h3-8,13-14H,2,9,11-12H2,1H3. The highest BCUT2D eigenvalue weighted by Crippen LogP contribution is 2.39. The number of para-hydroxylation sites is 1. The summed E-state index contributed by atoms with van der Waals surface area (Å²) in [5.41, 5.74) is 4.50. The molecule has 0 atom stereocenters. The quantitative estimate of drug-likeness (QED) is 0.459. The van der Waals surface area contributed by atoms with Crippen LogP contribution in [0.15, 0.2) is 47.8 Å². The molecule has 0 radical (unpaired) electrons. The number of aromatic nitrogens is 2. The summed E-state index contributed by atoms with van der Waals surface area (Å²) in [4.78, 5) is 5.70. The van der Waals surface area contributed by atoms with Crippen LogP contribution in [0, 0.1) is 11.3 Å². The zero-order chi connectivity index (χ0) is 20.5. The lowest BCUT2D eigenvalue weighted by molar-refractivity contribution is 0.171. The molecule has 0 unspecified atom stereocenters. The zero-order valence-corrected chi connectivity index (χ0v) is 17.2. The molecule has 2 aromatic heterocycles. The molecule has 30 heavy (non-hydrogen) atoms. The van der Waals surface area contributed by atoms with E-state index in [1.165, 1.54) is 0 Å². The average molecular weight is 417 g/mol. The Hall–Kier alpha value is -3.50. The largest absolute Gasteiger partial charge is 0.493 e. The Morgan fingerprint density at radius 1 is 1.17 bits per heavy atom. The van der Waals surface area contributed by atoms with E-state index in [9.17, 15) is 5.26 Å². The van der Waals surface area contributed by atoms with Crippen LogP contribution in [0.3, 0.4) is 0 Å². The first-order valence-corrected chi connectivity index (χ1v) is 10.7. The van der Waals surface area contributed by atoms with E-state index in [1.54, 1.807) is 11.3 Å². The molecular weight excluding hydrogens is 398 g/mol. The SMILES string of the molecule is CCOc1ccccc1-c1csc2nc(-c3ccc4c(c3)OCCO4)c(CC#N)n12. The first-order valence-electron chi connectivity index (χ1n) is 9.78. The molecule has 6 nitrogen and oxygen atoms in total. The summed E-state index contributed by atoms with van der Waals surface area (Å²) >= 11 is 1.55. The van der Waals surface area contributed by atoms with Gasteiger partial charge in [-0.3, -0.25) is 4.40 Å². The van der Waals surface area contributed by atoms with E-state index in [0.29, 0.717) is 25.6 Å². The molecule has 0 amide bonds. The normalized spacial score (nSPS) is 12.7. The molecule has 5 rings (SSSR count). The van der Waals surface area contributed by atoms with Gasteiger partial charge in [-0.2, -0.15) is 5.26 Å². The van der Waals surface area contributed by atoms with Gasteiger partial charge in [-0.25, -0.2) is 4.98 Å². The lowest BCUT2D eigenvalue weighted by Gasteiger charge is -2.18. The fraction of sp³-hybridized carbons (Fsp3) is 0.217. The minimum absolute atomic E-state index is 0.242. The van der Waals surface area contributed by atoms with Gasteiger partial charge >= 0.3 is 0 Å². The Balaban J connectivity index is 1.69. The molecule has 0 spiro atoms. The summed E-state index contributed by atoms with van der Waals surface area (Å²) in [7, 11) is 0. The second-order valence-corrected chi connectivity index (χ2v) is 7.61. The van der Waals surface area contributed by atoms with Crippen molar-refractivity contribution in [1.29, 1.82) is 5.26 Å². The van der Waals surface area contributed by atoms with Crippen LogP contribution >= 0.6 is 11.3 Å². The zero-order valence-electron chi connectivity index (χ0n) is 16.4. The molecule has 0 N–H and O–H groups in total. The van der Waals surface area contributed by atoms with Crippen molar-refractivity contribution in [3.8, 4) is 45.8 Å². The summed E-state index contributed by atoms with van der Waals surface area (Å²) in [6, 6.07) is 16.1. The van der Waals surface area contributed by atoms with Crippen molar-refractivity contribution >= 4 is 16.3 Å². The van der Waals surface area contributed by atoms with Crippen molar-refractivity contribution < 1.29 is 14.2 Å². The van der Waals surface area contributed by atoms with Crippen LogP contribution in [0.2, 0.25) is 0 Å². The number of nitrogens with zero attached hydrogens (tertiary/aromatic N) is 3. The molecule has 150 valence electrons. The van der Waals surface area contributed by atoms with Crippen LogP contribution in [-0.4, -0.2) is 29.2 Å². The molecule has 1 aliphatic rings. The van der Waals surface area contributed by atoms with Gasteiger partial charge in [0.25, 0.3) is 0 Å². The smallest absolute Gasteiger partial charge is 0.195 e. The van der Waals surface area contributed by atoms with Gasteiger partial charge in [0.05, 0.1) is 36.2 Å². The highest BCUT2D eigenvalue weighted by Gasteiger charge is 2.22. The van der Waals surface area contributed by atoms with E-state index in [4.69, 9.17) is 19.2 Å². The van der Waals surface area contributed by atoms with Gasteiger partial charge in [0.2, 0.25) is 0 Å². The first-order chi connectivity index (χ1) is 14.8. The number of hydrogen-bond acceptors (Lipinski definition) is 6. The molecule has 0 fully saturated rings. The topological polar surface area (TPSA) is 68.8 Å². The fourth-order valence-electron chi connectivity index (χ4n) is 3.72. The maximum absolute atomic E-state index is 9.54. The highest BCUT2D eigenvalue weighted by atomic mass is 32.1. The van der Waals surface area contributed by atoms with Gasteiger partial charge in [-0.1, -0.05) is 12.1 Å². The van der Waals surface area contributed by atoms with Crippen molar-refractivity contribution in [2.45, 2.75) is 13.3 Å². The van der Waals surface area contributed by atoms with Crippen molar-refractivity contribution in [1.82, 2.24) is 9.38 Å². The predicted molar refractivity (Wildman–Crippen MR) is 115 cm³/mol. The summed E-state index contributed by atoms with van der Waals surface area (Å²) in [6.45, 7) is 3.63. The van der Waals surface area contributed by atoms with Crippen LogP contribution in [0.1, 0.15) is 12.6 Å². The molecule has 0 saturated carbocycles. The van der Waals surface area contributed by atoms with E-state index in [0.717, 1.165) is 44.7 Å². The molecule has 3 heterocycles. The van der Waals surface area contributed by atoms with E-state index >= 15 is 0 Å². The van der Waals surface area contributed by atoms with E-state index in [1.807, 2.05) is 49.4 Å². The summed E-state index contributed by atoms with van der Waals surface area (Å²) in [5.74, 6) is 2.26. The minimum Gasteiger partial charge on any atom is -0.493 e. The Bertz CT molecular complexity index is 1270. The fourth-order valence-corrected chi connectivity index (χ4v) is 4.63. The third-order valence-electron chi connectivity index (χ3n) is 4.98. The average Bonchev–Trinajstić information content (AvgIpc) is 3.35. The van der Waals surface area contributed by atoms with Crippen LogP contribution in [0.5, 0.6) is 17.2 Å². The summed E-state index contributed by atoms with van der Waals surface area (Å²) in [6.07, 6.45) is 0.242.